The molecule has 1 aliphatic carbocycles. The Kier molecular flexibility index (Phi) is 2.48. The Bertz CT molecular complexity index is 382. The Hall–Kier alpha value is -0.630. The van der Waals surface area contributed by atoms with Crippen molar-refractivity contribution < 1.29 is 4.79 Å². The molecule has 0 heterocycles. The highest BCUT2D eigenvalue weighted by Gasteiger charge is 2.32. The minimum absolute atomic E-state index is 0.194. The van der Waals surface area contributed by atoms with Gasteiger partial charge in [0.15, 0.2) is 5.78 Å². The molecule has 1 aromatic rings. The Labute approximate surface area is 92.6 Å². The number of halogens is 1. The van der Waals surface area contributed by atoms with Gasteiger partial charge in [-0.1, -0.05) is 35.8 Å². The first kappa shape index (κ1) is 9.91. The molecule has 0 aromatic heterocycles. The van der Waals surface area contributed by atoms with Gasteiger partial charge in [-0.25, -0.2) is 0 Å². The summed E-state index contributed by atoms with van der Waals surface area (Å²) < 4.78 is 1.06. The molecule has 0 saturated heterocycles. The molecular weight excluding hydrogens is 240 g/mol. The molecule has 14 heavy (non-hydrogen) atoms. The molecular formula is C12H13BrO. The molecule has 74 valence electrons. The standard InChI is InChI=1S/C12H13BrO/c1-7(2)11-6-8-5-9(13)3-4-10(8)12(11)14/h3-5,7,11H,6H2,1-2H3. The van der Waals surface area contributed by atoms with E-state index < -0.39 is 0 Å². The maximum atomic E-state index is 11.9. The monoisotopic (exact) mass is 252 g/mol. The van der Waals surface area contributed by atoms with Crippen molar-refractivity contribution in [1.29, 1.82) is 0 Å². The van der Waals surface area contributed by atoms with E-state index in [0.717, 1.165) is 16.5 Å². The second-order valence-corrected chi connectivity index (χ2v) is 5.14. The van der Waals surface area contributed by atoms with Gasteiger partial charge in [0.05, 0.1) is 0 Å². The highest BCUT2D eigenvalue weighted by molar-refractivity contribution is 9.10. The van der Waals surface area contributed by atoms with Crippen LogP contribution in [0.3, 0.4) is 0 Å². The third-order valence-corrected chi connectivity index (χ3v) is 3.41. The molecule has 1 atom stereocenters. The third kappa shape index (κ3) is 1.52. The van der Waals surface area contributed by atoms with E-state index in [1.807, 2.05) is 12.1 Å². The van der Waals surface area contributed by atoms with Crippen LogP contribution in [0.25, 0.3) is 0 Å². The molecule has 2 heteroatoms. The Morgan fingerprint density at radius 3 is 2.79 bits per heavy atom. The largest absolute Gasteiger partial charge is 0.294 e. The van der Waals surface area contributed by atoms with Crippen molar-refractivity contribution in [1.82, 2.24) is 0 Å². The zero-order valence-corrected chi connectivity index (χ0v) is 9.97. The molecule has 1 unspecified atom stereocenters. The molecule has 0 aliphatic heterocycles. The highest BCUT2D eigenvalue weighted by Crippen LogP contribution is 2.32. The Morgan fingerprint density at radius 1 is 1.43 bits per heavy atom. The quantitative estimate of drug-likeness (QED) is 0.749. The number of rotatable bonds is 1. The molecule has 0 bridgehead atoms. The molecule has 0 N–H and O–H groups in total. The summed E-state index contributed by atoms with van der Waals surface area (Å²) in [6, 6.07) is 5.94. The number of carbonyl (C=O) groups is 1. The molecule has 0 fully saturated rings. The van der Waals surface area contributed by atoms with Gasteiger partial charge in [-0.15, -0.1) is 0 Å². The molecule has 1 nitrogen and oxygen atoms in total. The van der Waals surface area contributed by atoms with E-state index in [9.17, 15) is 4.79 Å². The van der Waals surface area contributed by atoms with Crippen molar-refractivity contribution in [3.05, 3.63) is 33.8 Å². The van der Waals surface area contributed by atoms with Crippen LogP contribution in [0, 0.1) is 11.8 Å². The lowest BCUT2D eigenvalue weighted by Gasteiger charge is -2.10. The average Bonchev–Trinajstić information content (AvgIpc) is 2.43. The first-order valence-electron chi connectivity index (χ1n) is 4.92. The van der Waals surface area contributed by atoms with E-state index in [1.54, 1.807) is 0 Å². The van der Waals surface area contributed by atoms with Crippen molar-refractivity contribution >= 4 is 21.7 Å². The van der Waals surface area contributed by atoms with Crippen LogP contribution in [0.5, 0.6) is 0 Å². The van der Waals surface area contributed by atoms with E-state index >= 15 is 0 Å². The fraction of sp³-hybridized carbons (Fsp3) is 0.417. The predicted molar refractivity (Wildman–Crippen MR) is 60.5 cm³/mol. The number of fused-ring (bicyclic) bond motifs is 1. The van der Waals surface area contributed by atoms with Crippen LogP contribution in [-0.4, -0.2) is 5.78 Å². The number of ketones is 1. The summed E-state index contributed by atoms with van der Waals surface area (Å²) in [4.78, 5) is 11.9. The van der Waals surface area contributed by atoms with Crippen LogP contribution in [-0.2, 0) is 6.42 Å². The summed E-state index contributed by atoms with van der Waals surface area (Å²) in [5, 5.41) is 0. The van der Waals surface area contributed by atoms with Crippen LogP contribution in [0.1, 0.15) is 29.8 Å². The summed E-state index contributed by atoms with van der Waals surface area (Å²) >= 11 is 3.43. The van der Waals surface area contributed by atoms with Gasteiger partial charge in [0.1, 0.15) is 0 Å². The zero-order valence-electron chi connectivity index (χ0n) is 8.38. The number of benzene rings is 1. The van der Waals surface area contributed by atoms with Gasteiger partial charge in [-0.05, 0) is 30.0 Å². The van der Waals surface area contributed by atoms with Crippen LogP contribution in [0.4, 0.5) is 0 Å². The second kappa shape index (κ2) is 3.50. The minimum atomic E-state index is 0.194. The fourth-order valence-electron chi connectivity index (χ4n) is 2.04. The normalized spacial score (nSPS) is 20.3. The number of hydrogen-bond donors (Lipinski definition) is 0. The van der Waals surface area contributed by atoms with Gasteiger partial charge in [-0.3, -0.25) is 4.79 Å². The molecule has 0 saturated carbocycles. The maximum absolute atomic E-state index is 11.9. The van der Waals surface area contributed by atoms with Crippen molar-refractivity contribution in [3.63, 3.8) is 0 Å². The smallest absolute Gasteiger partial charge is 0.166 e. The van der Waals surface area contributed by atoms with Crippen molar-refractivity contribution in [2.45, 2.75) is 20.3 Å². The van der Waals surface area contributed by atoms with Gasteiger partial charge in [-0.2, -0.15) is 0 Å². The third-order valence-electron chi connectivity index (χ3n) is 2.91. The van der Waals surface area contributed by atoms with Crippen LogP contribution in [0.15, 0.2) is 22.7 Å². The van der Waals surface area contributed by atoms with E-state index in [4.69, 9.17) is 0 Å². The molecule has 1 aromatic carbocycles. The van der Waals surface area contributed by atoms with Crippen LogP contribution >= 0.6 is 15.9 Å². The molecule has 0 amide bonds. The van der Waals surface area contributed by atoms with Crippen molar-refractivity contribution in [2.75, 3.05) is 0 Å². The molecule has 0 spiro atoms. The molecule has 0 radical (unpaired) electrons. The summed E-state index contributed by atoms with van der Waals surface area (Å²) in [5.41, 5.74) is 2.12. The molecule has 1 aliphatic rings. The van der Waals surface area contributed by atoms with Gasteiger partial charge >= 0.3 is 0 Å². The van der Waals surface area contributed by atoms with Crippen LogP contribution in [0.2, 0.25) is 0 Å². The first-order chi connectivity index (χ1) is 6.59. The van der Waals surface area contributed by atoms with Crippen LogP contribution < -0.4 is 0 Å². The van der Waals surface area contributed by atoms with Gasteiger partial charge in [0, 0.05) is 16.0 Å². The fourth-order valence-corrected chi connectivity index (χ4v) is 2.45. The Morgan fingerprint density at radius 2 is 2.14 bits per heavy atom. The van der Waals surface area contributed by atoms with E-state index in [1.165, 1.54) is 5.56 Å². The number of Topliss-reactive ketones (excluding diaryl/α,β-unsaturated/α-hetero) is 1. The summed E-state index contributed by atoms with van der Waals surface area (Å²) in [5.74, 6) is 0.954. The minimum Gasteiger partial charge on any atom is -0.294 e. The van der Waals surface area contributed by atoms with E-state index in [-0.39, 0.29) is 5.92 Å². The van der Waals surface area contributed by atoms with E-state index in [2.05, 4.69) is 35.8 Å². The van der Waals surface area contributed by atoms with Crippen molar-refractivity contribution in [2.24, 2.45) is 11.8 Å². The predicted octanol–water partition coefficient (Wildman–Crippen LogP) is 3.46. The van der Waals surface area contributed by atoms with Gasteiger partial charge < -0.3 is 0 Å². The summed E-state index contributed by atoms with van der Waals surface area (Å²) in [6.45, 7) is 4.23. The van der Waals surface area contributed by atoms with Crippen molar-refractivity contribution in [3.8, 4) is 0 Å². The summed E-state index contributed by atoms with van der Waals surface area (Å²) in [6.07, 6.45) is 0.908. The number of carbonyl (C=O) groups excluding carboxylic acids is 1. The lowest BCUT2D eigenvalue weighted by Crippen LogP contribution is -2.15. The lowest BCUT2D eigenvalue weighted by atomic mass is 9.92. The van der Waals surface area contributed by atoms with Gasteiger partial charge in [0.25, 0.3) is 0 Å². The SMILES string of the molecule is CC(C)C1Cc2cc(Br)ccc2C1=O. The highest BCUT2D eigenvalue weighted by atomic mass is 79.9. The second-order valence-electron chi connectivity index (χ2n) is 4.22. The zero-order chi connectivity index (χ0) is 10.3. The Balaban J connectivity index is 2.40. The number of hydrogen-bond acceptors (Lipinski definition) is 1. The molecule has 2 rings (SSSR count). The maximum Gasteiger partial charge on any atom is 0.166 e. The average molecular weight is 253 g/mol. The van der Waals surface area contributed by atoms with Gasteiger partial charge in [0.2, 0.25) is 0 Å². The summed E-state index contributed by atoms with van der Waals surface area (Å²) in [7, 11) is 0. The lowest BCUT2D eigenvalue weighted by molar-refractivity contribution is 0.0906. The van der Waals surface area contributed by atoms with E-state index in [0.29, 0.717) is 11.7 Å². The topological polar surface area (TPSA) is 17.1 Å². The first-order valence-corrected chi connectivity index (χ1v) is 5.71.